The molecule has 0 aliphatic carbocycles. The van der Waals surface area contributed by atoms with Gasteiger partial charge in [0.05, 0.1) is 24.9 Å². The van der Waals surface area contributed by atoms with E-state index < -0.39 is 5.82 Å². The van der Waals surface area contributed by atoms with Crippen molar-refractivity contribution >= 4 is 22.1 Å². The summed E-state index contributed by atoms with van der Waals surface area (Å²) in [5.41, 5.74) is 3.90. The molecule has 2 heterocycles. The second kappa shape index (κ2) is 7.03. The van der Waals surface area contributed by atoms with Crippen LogP contribution < -0.4 is 9.47 Å². The summed E-state index contributed by atoms with van der Waals surface area (Å²) in [6.07, 6.45) is 2.23. The van der Waals surface area contributed by atoms with Crippen LogP contribution in [0.5, 0.6) is 11.6 Å². The van der Waals surface area contributed by atoms with E-state index in [2.05, 4.69) is 20.2 Å². The normalized spacial score (nSPS) is 12.5. The average Bonchev–Trinajstić information content (AvgIpc) is 3.09. The number of aryl methyl sites for hydroxylation is 1. The lowest BCUT2D eigenvalue weighted by atomic mass is 10.2. The minimum atomic E-state index is -0.460. The Bertz CT molecular complexity index is 1170. The van der Waals surface area contributed by atoms with Gasteiger partial charge in [-0.15, -0.1) is 15.0 Å². The van der Waals surface area contributed by atoms with Gasteiger partial charge in [-0.1, -0.05) is 6.92 Å². The molecule has 28 heavy (non-hydrogen) atoms. The second-order valence-electron chi connectivity index (χ2n) is 6.66. The Hall–Kier alpha value is -3.29. The largest absolute Gasteiger partial charge is 0.488 e. The standard InChI is InChI=1S/C20H20FN5O2/c1-5-12(3)28-18-9-15-14(8-13(18)21)24-26(25-15)17-7-11(2)6-16-20(17)22-10-19(23-16)27-4/h6-10,12H,5H2,1-4H3/t12-/m0/s1. The number of benzene rings is 2. The molecule has 2 aromatic carbocycles. The van der Waals surface area contributed by atoms with Gasteiger partial charge < -0.3 is 9.47 Å². The Balaban J connectivity index is 1.85. The second-order valence-corrected chi connectivity index (χ2v) is 6.66. The van der Waals surface area contributed by atoms with E-state index in [1.54, 1.807) is 19.4 Å². The van der Waals surface area contributed by atoms with Crippen LogP contribution in [0.15, 0.2) is 30.5 Å². The van der Waals surface area contributed by atoms with E-state index in [9.17, 15) is 4.39 Å². The number of hydrogen-bond acceptors (Lipinski definition) is 6. The zero-order chi connectivity index (χ0) is 19.8. The molecule has 8 heteroatoms. The number of rotatable bonds is 5. The van der Waals surface area contributed by atoms with Crippen molar-refractivity contribution in [2.24, 2.45) is 0 Å². The molecule has 0 N–H and O–H groups in total. The van der Waals surface area contributed by atoms with Crippen LogP contribution in [0.3, 0.4) is 0 Å². The molecule has 0 spiro atoms. The predicted octanol–water partition coefficient (Wildman–Crippen LogP) is 4.00. The Morgan fingerprint density at radius 1 is 1.11 bits per heavy atom. The third-order valence-electron chi connectivity index (χ3n) is 4.51. The summed E-state index contributed by atoms with van der Waals surface area (Å²) < 4.78 is 25.2. The maximum absolute atomic E-state index is 14.4. The quantitative estimate of drug-likeness (QED) is 0.520. The molecule has 0 bridgehead atoms. The topological polar surface area (TPSA) is 75.0 Å². The zero-order valence-corrected chi connectivity index (χ0v) is 16.1. The monoisotopic (exact) mass is 381 g/mol. The summed E-state index contributed by atoms with van der Waals surface area (Å²) in [5, 5.41) is 8.94. The first-order chi connectivity index (χ1) is 13.5. The van der Waals surface area contributed by atoms with Crippen molar-refractivity contribution in [2.75, 3.05) is 7.11 Å². The van der Waals surface area contributed by atoms with E-state index >= 15 is 0 Å². The van der Waals surface area contributed by atoms with E-state index in [-0.39, 0.29) is 11.9 Å². The molecular formula is C20H20FN5O2. The highest BCUT2D eigenvalue weighted by atomic mass is 19.1. The summed E-state index contributed by atoms with van der Waals surface area (Å²) in [4.78, 5) is 10.3. The van der Waals surface area contributed by atoms with Crippen LogP contribution in [-0.4, -0.2) is 38.2 Å². The van der Waals surface area contributed by atoms with Crippen LogP contribution in [0, 0.1) is 12.7 Å². The van der Waals surface area contributed by atoms with Gasteiger partial charge in [0.1, 0.15) is 22.2 Å². The summed E-state index contributed by atoms with van der Waals surface area (Å²) in [6.45, 7) is 5.83. The van der Waals surface area contributed by atoms with E-state index in [1.165, 1.54) is 10.9 Å². The lowest BCUT2D eigenvalue weighted by Crippen LogP contribution is -2.10. The van der Waals surface area contributed by atoms with E-state index in [0.717, 1.165) is 12.0 Å². The molecule has 0 aliphatic heterocycles. The van der Waals surface area contributed by atoms with Gasteiger partial charge >= 0.3 is 0 Å². The fraction of sp³-hybridized carbons (Fsp3) is 0.300. The lowest BCUT2D eigenvalue weighted by Gasteiger charge is -2.12. The molecule has 0 fully saturated rings. The first-order valence-corrected chi connectivity index (χ1v) is 9.03. The SMILES string of the molecule is CC[C@H](C)Oc1cc2nn(-c3cc(C)cc4nc(OC)cnc34)nc2cc1F. The molecule has 0 aliphatic rings. The van der Waals surface area contributed by atoms with Crippen molar-refractivity contribution in [1.29, 1.82) is 0 Å². The van der Waals surface area contributed by atoms with Crippen LogP contribution in [0.1, 0.15) is 25.8 Å². The molecule has 0 saturated heterocycles. The van der Waals surface area contributed by atoms with E-state index in [1.807, 2.05) is 32.9 Å². The third kappa shape index (κ3) is 3.21. The van der Waals surface area contributed by atoms with Crippen molar-refractivity contribution in [1.82, 2.24) is 25.0 Å². The Labute approximate surface area is 161 Å². The van der Waals surface area contributed by atoms with Crippen molar-refractivity contribution < 1.29 is 13.9 Å². The first kappa shape index (κ1) is 18.1. The molecule has 4 rings (SSSR count). The average molecular weight is 381 g/mol. The Morgan fingerprint density at radius 3 is 2.57 bits per heavy atom. The molecule has 7 nitrogen and oxygen atoms in total. The van der Waals surface area contributed by atoms with Gasteiger partial charge in [0.15, 0.2) is 11.6 Å². The molecule has 2 aromatic heterocycles. The van der Waals surface area contributed by atoms with Crippen molar-refractivity contribution in [3.8, 4) is 17.3 Å². The summed E-state index contributed by atoms with van der Waals surface area (Å²) in [6, 6.07) is 6.74. The van der Waals surface area contributed by atoms with Gasteiger partial charge in [0.2, 0.25) is 5.88 Å². The van der Waals surface area contributed by atoms with E-state index in [0.29, 0.717) is 33.6 Å². The van der Waals surface area contributed by atoms with Crippen LogP contribution in [0.2, 0.25) is 0 Å². The minimum absolute atomic E-state index is 0.0898. The van der Waals surface area contributed by atoms with Crippen LogP contribution in [-0.2, 0) is 0 Å². The molecule has 1 atom stereocenters. The number of ether oxygens (including phenoxy) is 2. The van der Waals surface area contributed by atoms with Gasteiger partial charge in [0, 0.05) is 12.1 Å². The smallest absolute Gasteiger partial charge is 0.232 e. The fourth-order valence-corrected chi connectivity index (χ4v) is 2.89. The molecule has 0 radical (unpaired) electrons. The number of halogens is 1. The highest BCUT2D eigenvalue weighted by Crippen LogP contribution is 2.27. The lowest BCUT2D eigenvalue weighted by molar-refractivity contribution is 0.208. The first-order valence-electron chi connectivity index (χ1n) is 9.03. The highest BCUT2D eigenvalue weighted by molar-refractivity contribution is 5.85. The number of hydrogen-bond donors (Lipinski definition) is 0. The number of aromatic nitrogens is 5. The zero-order valence-electron chi connectivity index (χ0n) is 16.1. The van der Waals surface area contributed by atoms with Gasteiger partial charge in [-0.2, -0.15) is 0 Å². The molecule has 0 saturated carbocycles. The van der Waals surface area contributed by atoms with Gasteiger partial charge in [-0.25, -0.2) is 14.4 Å². The highest BCUT2D eigenvalue weighted by Gasteiger charge is 2.15. The molecule has 144 valence electrons. The van der Waals surface area contributed by atoms with Crippen molar-refractivity contribution in [2.45, 2.75) is 33.3 Å². The Kier molecular flexibility index (Phi) is 4.54. The Morgan fingerprint density at radius 2 is 1.86 bits per heavy atom. The summed E-state index contributed by atoms with van der Waals surface area (Å²) >= 11 is 0. The van der Waals surface area contributed by atoms with Crippen LogP contribution in [0.4, 0.5) is 4.39 Å². The number of nitrogens with zero attached hydrogens (tertiary/aromatic N) is 5. The minimum Gasteiger partial charge on any atom is -0.488 e. The van der Waals surface area contributed by atoms with Gasteiger partial charge in [0.25, 0.3) is 0 Å². The van der Waals surface area contributed by atoms with E-state index in [4.69, 9.17) is 9.47 Å². The van der Waals surface area contributed by atoms with Crippen molar-refractivity contribution in [3.63, 3.8) is 0 Å². The number of fused-ring (bicyclic) bond motifs is 2. The summed E-state index contributed by atoms with van der Waals surface area (Å²) in [7, 11) is 1.54. The molecular weight excluding hydrogens is 361 g/mol. The maximum Gasteiger partial charge on any atom is 0.232 e. The summed E-state index contributed by atoms with van der Waals surface area (Å²) in [5.74, 6) is 0.141. The van der Waals surface area contributed by atoms with Gasteiger partial charge in [-0.05, 0) is 38.0 Å². The van der Waals surface area contributed by atoms with Gasteiger partial charge in [-0.3, -0.25) is 0 Å². The van der Waals surface area contributed by atoms with Crippen LogP contribution in [0.25, 0.3) is 27.8 Å². The van der Waals surface area contributed by atoms with Crippen LogP contribution >= 0.6 is 0 Å². The fourth-order valence-electron chi connectivity index (χ4n) is 2.89. The predicted molar refractivity (Wildman–Crippen MR) is 104 cm³/mol. The third-order valence-corrected chi connectivity index (χ3v) is 4.51. The molecule has 4 aromatic rings. The molecule has 0 unspecified atom stereocenters. The number of methoxy groups -OCH3 is 1. The van der Waals surface area contributed by atoms with Crippen molar-refractivity contribution in [3.05, 3.63) is 41.8 Å². The molecule has 0 amide bonds. The maximum atomic E-state index is 14.4.